The molecule has 2 nitrogen and oxygen atoms in total. The molecule has 2 rings (SSSR count). The molecule has 3 heteroatoms. The van der Waals surface area contributed by atoms with Crippen LogP contribution in [0, 0.1) is 6.92 Å². The van der Waals surface area contributed by atoms with E-state index in [2.05, 4.69) is 41.2 Å². The van der Waals surface area contributed by atoms with Crippen molar-refractivity contribution in [3.8, 4) is 5.75 Å². The maximum absolute atomic E-state index is 6.17. The fourth-order valence-corrected chi connectivity index (χ4v) is 2.53. The van der Waals surface area contributed by atoms with Gasteiger partial charge in [0.2, 0.25) is 0 Å². The molecule has 1 N–H and O–H groups in total. The highest BCUT2D eigenvalue weighted by Crippen LogP contribution is 2.29. The van der Waals surface area contributed by atoms with Crippen molar-refractivity contribution in [2.75, 3.05) is 13.1 Å². The summed E-state index contributed by atoms with van der Waals surface area (Å²) in [5, 5.41) is 3.36. The number of aryl methyl sites for hydroxylation is 1. The van der Waals surface area contributed by atoms with Crippen LogP contribution in [-0.2, 0) is 0 Å². The van der Waals surface area contributed by atoms with Crippen molar-refractivity contribution in [3.05, 3.63) is 28.2 Å². The topological polar surface area (TPSA) is 21.3 Å². The predicted octanol–water partition coefficient (Wildman–Crippen LogP) is 3.28. The van der Waals surface area contributed by atoms with Crippen LogP contribution in [0.1, 0.15) is 25.3 Å². The van der Waals surface area contributed by atoms with Crippen LogP contribution in [0.25, 0.3) is 0 Å². The van der Waals surface area contributed by atoms with Crippen molar-refractivity contribution in [2.45, 2.75) is 32.3 Å². The molecule has 1 saturated heterocycles. The molecule has 1 aromatic carbocycles. The lowest BCUT2D eigenvalue weighted by Crippen LogP contribution is -2.43. The molecule has 16 heavy (non-hydrogen) atoms. The minimum atomic E-state index is -0.0101. The van der Waals surface area contributed by atoms with E-state index in [1.54, 1.807) is 0 Å². The molecule has 0 radical (unpaired) electrons. The molecule has 0 atom stereocenters. The van der Waals surface area contributed by atoms with Crippen molar-refractivity contribution in [2.24, 2.45) is 0 Å². The van der Waals surface area contributed by atoms with E-state index < -0.39 is 0 Å². The van der Waals surface area contributed by atoms with Gasteiger partial charge in [0.15, 0.2) is 0 Å². The number of piperidine rings is 1. The lowest BCUT2D eigenvalue weighted by atomic mass is 9.94. The van der Waals surface area contributed by atoms with Gasteiger partial charge >= 0.3 is 0 Å². The minimum Gasteiger partial charge on any atom is -0.487 e. The Morgan fingerprint density at radius 3 is 2.62 bits per heavy atom. The van der Waals surface area contributed by atoms with Gasteiger partial charge in [0.05, 0.1) is 0 Å². The maximum atomic E-state index is 6.17. The van der Waals surface area contributed by atoms with Gasteiger partial charge < -0.3 is 10.1 Å². The molecule has 0 amide bonds. The number of nitrogens with one attached hydrogen (secondary N) is 1. The molecule has 0 aromatic heterocycles. The highest BCUT2D eigenvalue weighted by molar-refractivity contribution is 9.10. The van der Waals surface area contributed by atoms with Crippen LogP contribution in [0.3, 0.4) is 0 Å². The summed E-state index contributed by atoms with van der Waals surface area (Å²) >= 11 is 3.47. The van der Waals surface area contributed by atoms with E-state index in [9.17, 15) is 0 Å². The fraction of sp³-hybridized carbons (Fsp3) is 0.538. The zero-order valence-corrected chi connectivity index (χ0v) is 11.4. The SMILES string of the molecule is Cc1cc(Br)ccc1OC1(C)CCNCC1. The lowest BCUT2D eigenvalue weighted by molar-refractivity contribution is 0.0548. The van der Waals surface area contributed by atoms with E-state index in [1.165, 1.54) is 5.56 Å². The zero-order valence-electron chi connectivity index (χ0n) is 9.85. The summed E-state index contributed by atoms with van der Waals surface area (Å²) < 4.78 is 7.27. The molecule has 1 aliphatic heterocycles. The number of benzene rings is 1. The highest BCUT2D eigenvalue weighted by atomic mass is 79.9. The second-order valence-electron chi connectivity index (χ2n) is 4.71. The summed E-state index contributed by atoms with van der Waals surface area (Å²) in [6, 6.07) is 6.18. The summed E-state index contributed by atoms with van der Waals surface area (Å²) in [5.41, 5.74) is 1.18. The van der Waals surface area contributed by atoms with Gasteiger partial charge in [-0.1, -0.05) is 15.9 Å². The lowest BCUT2D eigenvalue weighted by Gasteiger charge is -2.35. The van der Waals surface area contributed by atoms with Gasteiger partial charge in [0, 0.05) is 4.47 Å². The smallest absolute Gasteiger partial charge is 0.123 e. The number of rotatable bonds is 2. The third kappa shape index (κ3) is 2.77. The van der Waals surface area contributed by atoms with Crippen molar-refractivity contribution < 1.29 is 4.74 Å². The second-order valence-corrected chi connectivity index (χ2v) is 5.63. The Morgan fingerprint density at radius 2 is 2.00 bits per heavy atom. The molecular weight excluding hydrogens is 266 g/mol. The first-order valence-electron chi connectivity index (χ1n) is 5.75. The van der Waals surface area contributed by atoms with Crippen LogP contribution in [-0.4, -0.2) is 18.7 Å². The summed E-state index contributed by atoms with van der Waals surface area (Å²) in [7, 11) is 0. The van der Waals surface area contributed by atoms with Crippen molar-refractivity contribution >= 4 is 15.9 Å². The number of halogens is 1. The number of hydrogen-bond acceptors (Lipinski definition) is 2. The van der Waals surface area contributed by atoms with Gasteiger partial charge in [-0.25, -0.2) is 0 Å². The first-order valence-corrected chi connectivity index (χ1v) is 6.54. The zero-order chi connectivity index (χ0) is 11.6. The summed E-state index contributed by atoms with van der Waals surface area (Å²) in [6.07, 6.45) is 2.14. The average Bonchev–Trinajstić information content (AvgIpc) is 2.23. The largest absolute Gasteiger partial charge is 0.487 e. The molecule has 1 fully saturated rings. The van der Waals surface area contributed by atoms with Crippen molar-refractivity contribution in [1.82, 2.24) is 5.32 Å². The van der Waals surface area contributed by atoms with E-state index in [4.69, 9.17) is 4.74 Å². The summed E-state index contributed by atoms with van der Waals surface area (Å²) in [6.45, 7) is 6.39. The summed E-state index contributed by atoms with van der Waals surface area (Å²) in [5.74, 6) is 1.01. The van der Waals surface area contributed by atoms with Crippen LogP contribution in [0.2, 0.25) is 0 Å². The Bertz CT molecular complexity index is 372. The Labute approximate surface area is 106 Å². The fourth-order valence-electron chi connectivity index (χ4n) is 2.05. The molecule has 1 aromatic rings. The predicted molar refractivity (Wildman–Crippen MR) is 70.0 cm³/mol. The van der Waals surface area contributed by atoms with E-state index in [1.807, 2.05) is 12.1 Å². The minimum absolute atomic E-state index is 0.0101. The molecule has 0 unspecified atom stereocenters. The Hall–Kier alpha value is -0.540. The maximum Gasteiger partial charge on any atom is 0.123 e. The van der Waals surface area contributed by atoms with Gasteiger partial charge in [-0.15, -0.1) is 0 Å². The molecule has 0 saturated carbocycles. The average molecular weight is 284 g/mol. The van der Waals surface area contributed by atoms with Crippen molar-refractivity contribution in [3.63, 3.8) is 0 Å². The van der Waals surface area contributed by atoms with Crippen LogP contribution in [0.15, 0.2) is 22.7 Å². The van der Waals surface area contributed by atoms with E-state index in [-0.39, 0.29) is 5.60 Å². The van der Waals surface area contributed by atoms with Gasteiger partial charge in [-0.05, 0) is 63.5 Å². The van der Waals surface area contributed by atoms with Crippen molar-refractivity contribution in [1.29, 1.82) is 0 Å². The molecular formula is C13H18BrNO. The Balaban J connectivity index is 2.13. The van der Waals surface area contributed by atoms with Crippen LogP contribution in [0.4, 0.5) is 0 Å². The van der Waals surface area contributed by atoms with Crippen LogP contribution < -0.4 is 10.1 Å². The third-order valence-electron chi connectivity index (χ3n) is 3.15. The second kappa shape index (κ2) is 4.76. The van der Waals surface area contributed by atoms with Crippen LogP contribution >= 0.6 is 15.9 Å². The van der Waals surface area contributed by atoms with E-state index in [0.29, 0.717) is 0 Å². The number of hydrogen-bond donors (Lipinski definition) is 1. The van der Waals surface area contributed by atoms with E-state index >= 15 is 0 Å². The molecule has 0 aliphatic carbocycles. The monoisotopic (exact) mass is 283 g/mol. The Kier molecular flexibility index (Phi) is 3.55. The highest BCUT2D eigenvalue weighted by Gasteiger charge is 2.28. The third-order valence-corrected chi connectivity index (χ3v) is 3.65. The first kappa shape index (κ1) is 11.9. The molecule has 88 valence electrons. The normalized spacial score (nSPS) is 19.4. The van der Waals surface area contributed by atoms with Gasteiger partial charge in [0.1, 0.15) is 11.4 Å². The molecule has 1 aliphatic rings. The van der Waals surface area contributed by atoms with Gasteiger partial charge in [0.25, 0.3) is 0 Å². The molecule has 0 bridgehead atoms. The number of ether oxygens (including phenoxy) is 1. The molecule has 1 heterocycles. The molecule has 0 spiro atoms. The standard InChI is InChI=1S/C13H18BrNO/c1-10-9-11(14)3-4-12(10)16-13(2)5-7-15-8-6-13/h3-4,9,15H,5-8H2,1-2H3. The van der Waals surface area contributed by atoms with E-state index in [0.717, 1.165) is 36.2 Å². The Morgan fingerprint density at radius 1 is 1.31 bits per heavy atom. The van der Waals surface area contributed by atoms with Gasteiger partial charge in [-0.2, -0.15) is 0 Å². The quantitative estimate of drug-likeness (QED) is 0.900. The first-order chi connectivity index (χ1) is 7.59. The van der Waals surface area contributed by atoms with Crippen LogP contribution in [0.5, 0.6) is 5.75 Å². The summed E-state index contributed by atoms with van der Waals surface area (Å²) in [4.78, 5) is 0. The van der Waals surface area contributed by atoms with Gasteiger partial charge in [-0.3, -0.25) is 0 Å².